The van der Waals surface area contributed by atoms with Crippen LogP contribution in [0.25, 0.3) is 11.3 Å². The summed E-state index contributed by atoms with van der Waals surface area (Å²) in [5, 5.41) is 6.16. The highest BCUT2D eigenvalue weighted by Gasteiger charge is 2.19. The Bertz CT molecular complexity index is 1100. The number of likely N-dealkylation sites (tertiary alicyclic amines) is 1. The second-order valence-corrected chi connectivity index (χ2v) is 7.76. The summed E-state index contributed by atoms with van der Waals surface area (Å²) in [5.41, 5.74) is 3.96. The number of hydrogen-bond acceptors (Lipinski definition) is 6. The third kappa shape index (κ3) is 5.26. The first-order valence-electron chi connectivity index (χ1n) is 10.8. The van der Waals surface area contributed by atoms with Crippen LogP contribution in [0, 0.1) is 6.92 Å². The highest BCUT2D eigenvalue weighted by molar-refractivity contribution is 5.95. The molecule has 0 bridgehead atoms. The molecule has 1 fully saturated rings. The molecule has 0 radical (unpaired) electrons. The van der Waals surface area contributed by atoms with Crippen LogP contribution in [-0.4, -0.2) is 51.3 Å². The summed E-state index contributed by atoms with van der Waals surface area (Å²) in [5.74, 6) is 0.508. The van der Waals surface area contributed by atoms with Gasteiger partial charge >= 0.3 is 0 Å². The van der Waals surface area contributed by atoms with Crippen LogP contribution in [0.5, 0.6) is 0 Å². The van der Waals surface area contributed by atoms with Crippen LogP contribution in [-0.2, 0) is 4.79 Å². The van der Waals surface area contributed by atoms with E-state index in [2.05, 4.69) is 25.6 Å². The fourth-order valence-electron chi connectivity index (χ4n) is 3.63. The van der Waals surface area contributed by atoms with E-state index in [1.165, 1.54) is 0 Å². The molecule has 32 heavy (non-hydrogen) atoms. The molecule has 0 unspecified atom stereocenters. The molecule has 2 aromatic heterocycles. The maximum absolute atomic E-state index is 12.6. The van der Waals surface area contributed by atoms with Gasteiger partial charge in [0.25, 0.3) is 5.91 Å². The normalized spacial score (nSPS) is 13.3. The average molecular weight is 431 g/mol. The van der Waals surface area contributed by atoms with Crippen molar-refractivity contribution in [3.8, 4) is 11.3 Å². The van der Waals surface area contributed by atoms with Crippen LogP contribution in [0.15, 0.2) is 55.0 Å². The van der Waals surface area contributed by atoms with Crippen LogP contribution in [0.4, 0.5) is 11.6 Å². The Kier molecular flexibility index (Phi) is 6.69. The molecule has 8 nitrogen and oxygen atoms in total. The summed E-state index contributed by atoms with van der Waals surface area (Å²) in [7, 11) is 0. The zero-order valence-corrected chi connectivity index (χ0v) is 18.0. The van der Waals surface area contributed by atoms with E-state index in [1.807, 2.05) is 36.1 Å². The van der Waals surface area contributed by atoms with E-state index in [-0.39, 0.29) is 11.8 Å². The van der Waals surface area contributed by atoms with Gasteiger partial charge in [-0.2, -0.15) is 0 Å². The summed E-state index contributed by atoms with van der Waals surface area (Å²) in [6, 6.07) is 11.1. The van der Waals surface area contributed by atoms with Crippen molar-refractivity contribution in [2.24, 2.45) is 0 Å². The van der Waals surface area contributed by atoms with E-state index >= 15 is 0 Å². The molecule has 1 aromatic carbocycles. The molecule has 1 aliphatic rings. The number of nitrogens with one attached hydrogen (secondary N) is 2. The highest BCUT2D eigenvalue weighted by atomic mass is 16.2. The van der Waals surface area contributed by atoms with Gasteiger partial charge in [0.15, 0.2) is 0 Å². The number of amides is 2. The standard InChI is InChI=1S/C24H26N6O2/c1-17-7-8-18(23(32)26-11-4-14-30-13-3-6-22(30)31)15-21(17)29-24-27-12-9-20(28-24)19-5-2-10-25-16-19/h2,5,7-10,12,15-16H,3-4,6,11,13-14H2,1H3,(H,26,32)(H,27,28,29). The molecule has 2 amide bonds. The smallest absolute Gasteiger partial charge is 0.251 e. The minimum Gasteiger partial charge on any atom is -0.352 e. The Morgan fingerprint density at radius 3 is 2.88 bits per heavy atom. The molecular formula is C24H26N6O2. The summed E-state index contributed by atoms with van der Waals surface area (Å²) in [6.07, 6.45) is 7.47. The molecule has 3 aromatic rings. The van der Waals surface area contributed by atoms with Gasteiger partial charge in [0.05, 0.1) is 5.69 Å². The SMILES string of the molecule is Cc1ccc(C(=O)NCCCN2CCCC2=O)cc1Nc1nccc(-c2cccnc2)n1. The number of pyridine rings is 1. The topological polar surface area (TPSA) is 100 Å². The molecule has 2 N–H and O–H groups in total. The molecule has 0 spiro atoms. The Labute approximate surface area is 187 Å². The van der Waals surface area contributed by atoms with Crippen LogP contribution >= 0.6 is 0 Å². The average Bonchev–Trinajstić information content (AvgIpc) is 3.23. The van der Waals surface area contributed by atoms with Crippen molar-refractivity contribution in [2.45, 2.75) is 26.2 Å². The van der Waals surface area contributed by atoms with E-state index < -0.39 is 0 Å². The third-order valence-electron chi connectivity index (χ3n) is 5.42. The highest BCUT2D eigenvalue weighted by Crippen LogP contribution is 2.22. The van der Waals surface area contributed by atoms with E-state index in [1.54, 1.807) is 30.7 Å². The molecule has 8 heteroatoms. The van der Waals surface area contributed by atoms with Crippen molar-refractivity contribution in [2.75, 3.05) is 25.0 Å². The van der Waals surface area contributed by atoms with Gasteiger partial charge in [-0.3, -0.25) is 14.6 Å². The van der Waals surface area contributed by atoms with Gasteiger partial charge in [-0.1, -0.05) is 6.07 Å². The molecule has 0 atom stereocenters. The van der Waals surface area contributed by atoms with Gasteiger partial charge in [-0.15, -0.1) is 0 Å². The second-order valence-electron chi connectivity index (χ2n) is 7.76. The van der Waals surface area contributed by atoms with Crippen LogP contribution in [0.3, 0.4) is 0 Å². The Hall–Kier alpha value is -3.81. The molecule has 4 rings (SSSR count). The second kappa shape index (κ2) is 10.00. The van der Waals surface area contributed by atoms with Crippen molar-refractivity contribution in [3.05, 3.63) is 66.1 Å². The van der Waals surface area contributed by atoms with E-state index in [9.17, 15) is 9.59 Å². The van der Waals surface area contributed by atoms with Crippen molar-refractivity contribution in [3.63, 3.8) is 0 Å². The largest absolute Gasteiger partial charge is 0.352 e. The van der Waals surface area contributed by atoms with Crippen molar-refractivity contribution < 1.29 is 9.59 Å². The van der Waals surface area contributed by atoms with Gasteiger partial charge in [0.2, 0.25) is 11.9 Å². The lowest BCUT2D eigenvalue weighted by Gasteiger charge is -2.15. The monoisotopic (exact) mass is 430 g/mol. The Morgan fingerprint density at radius 1 is 1.19 bits per heavy atom. The fourth-order valence-corrected chi connectivity index (χ4v) is 3.63. The van der Waals surface area contributed by atoms with Crippen LogP contribution < -0.4 is 10.6 Å². The molecule has 0 saturated carbocycles. The van der Waals surface area contributed by atoms with E-state index in [0.717, 1.165) is 41.9 Å². The lowest BCUT2D eigenvalue weighted by Crippen LogP contribution is -2.30. The first-order chi connectivity index (χ1) is 15.6. The number of hydrogen-bond donors (Lipinski definition) is 2. The van der Waals surface area contributed by atoms with Gasteiger partial charge in [-0.05, 0) is 55.7 Å². The third-order valence-corrected chi connectivity index (χ3v) is 5.42. The molecule has 164 valence electrons. The molecule has 0 aliphatic carbocycles. The first kappa shape index (κ1) is 21.4. The number of rotatable bonds is 8. The Morgan fingerprint density at radius 2 is 2.09 bits per heavy atom. The van der Waals surface area contributed by atoms with Gasteiger partial charge < -0.3 is 15.5 Å². The van der Waals surface area contributed by atoms with Crippen LogP contribution in [0.2, 0.25) is 0 Å². The zero-order chi connectivity index (χ0) is 22.3. The summed E-state index contributed by atoms with van der Waals surface area (Å²) in [4.78, 5) is 39.1. The summed E-state index contributed by atoms with van der Waals surface area (Å²) in [6.45, 7) is 3.99. The van der Waals surface area contributed by atoms with Gasteiger partial charge in [0.1, 0.15) is 0 Å². The van der Waals surface area contributed by atoms with Gasteiger partial charge in [-0.25, -0.2) is 9.97 Å². The van der Waals surface area contributed by atoms with Crippen LogP contribution in [0.1, 0.15) is 35.2 Å². The minimum absolute atomic E-state index is 0.147. The van der Waals surface area contributed by atoms with Crippen molar-refractivity contribution in [1.29, 1.82) is 0 Å². The predicted octanol–water partition coefficient (Wildman–Crippen LogP) is 3.33. The molecule has 1 saturated heterocycles. The number of nitrogens with zero attached hydrogens (tertiary/aromatic N) is 4. The lowest BCUT2D eigenvalue weighted by molar-refractivity contribution is -0.127. The molecular weight excluding hydrogens is 404 g/mol. The predicted molar refractivity (Wildman–Crippen MR) is 122 cm³/mol. The number of benzene rings is 1. The van der Waals surface area contributed by atoms with E-state index in [4.69, 9.17) is 0 Å². The minimum atomic E-state index is -0.147. The maximum Gasteiger partial charge on any atom is 0.251 e. The molecule has 3 heterocycles. The molecule has 1 aliphatic heterocycles. The zero-order valence-electron chi connectivity index (χ0n) is 18.0. The Balaban J connectivity index is 1.38. The summed E-state index contributed by atoms with van der Waals surface area (Å²) < 4.78 is 0. The maximum atomic E-state index is 12.6. The number of carbonyl (C=O) groups is 2. The van der Waals surface area contributed by atoms with Crippen molar-refractivity contribution in [1.82, 2.24) is 25.2 Å². The number of anilines is 2. The first-order valence-corrected chi connectivity index (χ1v) is 10.8. The number of carbonyl (C=O) groups excluding carboxylic acids is 2. The fraction of sp³-hybridized carbons (Fsp3) is 0.292. The van der Waals surface area contributed by atoms with Gasteiger partial charge in [0, 0.05) is 61.5 Å². The quantitative estimate of drug-likeness (QED) is 0.532. The number of aryl methyl sites for hydroxylation is 1. The number of aromatic nitrogens is 3. The summed E-state index contributed by atoms with van der Waals surface area (Å²) >= 11 is 0. The van der Waals surface area contributed by atoms with E-state index in [0.29, 0.717) is 31.0 Å². The lowest BCUT2D eigenvalue weighted by atomic mass is 10.1. The van der Waals surface area contributed by atoms with Crippen molar-refractivity contribution >= 4 is 23.5 Å².